The summed E-state index contributed by atoms with van der Waals surface area (Å²) in [5.74, 6) is -0.143. The molecule has 0 saturated carbocycles. The first kappa shape index (κ1) is 17.8. The summed E-state index contributed by atoms with van der Waals surface area (Å²) in [7, 11) is 0. The van der Waals surface area contributed by atoms with Crippen molar-refractivity contribution in [2.45, 2.75) is 23.8 Å². The molecule has 1 amide bonds. The quantitative estimate of drug-likeness (QED) is 0.478. The van der Waals surface area contributed by atoms with Gasteiger partial charge in [-0.25, -0.2) is 4.98 Å². The number of anilines is 1. The fourth-order valence-electron chi connectivity index (χ4n) is 2.78. The second-order valence-corrected chi connectivity index (χ2v) is 7.52. The van der Waals surface area contributed by atoms with Gasteiger partial charge in [-0.3, -0.25) is 4.79 Å². The van der Waals surface area contributed by atoms with Crippen LogP contribution in [0.15, 0.2) is 53.7 Å². The third-order valence-electron chi connectivity index (χ3n) is 4.15. The third kappa shape index (κ3) is 3.61. The molecule has 2 aromatic carbocycles. The SMILES string of the molecule is CCC(Sc1nnc2c(n1)[nH]c1ccccc12)C(=O)Nc1ccccc1Cl. The van der Waals surface area contributed by atoms with Crippen molar-refractivity contribution in [2.75, 3.05) is 5.32 Å². The highest BCUT2D eigenvalue weighted by atomic mass is 35.5. The van der Waals surface area contributed by atoms with Crippen molar-refractivity contribution in [3.8, 4) is 0 Å². The van der Waals surface area contributed by atoms with E-state index in [9.17, 15) is 4.79 Å². The van der Waals surface area contributed by atoms with Crippen LogP contribution in [0.1, 0.15) is 13.3 Å². The predicted molar refractivity (Wildman–Crippen MR) is 109 cm³/mol. The van der Waals surface area contributed by atoms with E-state index in [-0.39, 0.29) is 11.2 Å². The summed E-state index contributed by atoms with van der Waals surface area (Å²) < 4.78 is 0. The number of para-hydroxylation sites is 2. The molecule has 2 N–H and O–H groups in total. The number of aromatic amines is 1. The van der Waals surface area contributed by atoms with Crippen molar-refractivity contribution in [1.82, 2.24) is 20.2 Å². The molecule has 0 aliphatic carbocycles. The number of nitrogens with zero attached hydrogens (tertiary/aromatic N) is 3. The largest absolute Gasteiger partial charge is 0.338 e. The minimum atomic E-state index is -0.357. The van der Waals surface area contributed by atoms with Gasteiger partial charge in [0.15, 0.2) is 5.65 Å². The van der Waals surface area contributed by atoms with Crippen LogP contribution in [-0.2, 0) is 4.79 Å². The molecule has 27 heavy (non-hydrogen) atoms. The average molecular weight is 398 g/mol. The number of nitrogens with one attached hydrogen (secondary N) is 2. The van der Waals surface area contributed by atoms with Gasteiger partial charge in [-0.15, -0.1) is 10.2 Å². The van der Waals surface area contributed by atoms with Crippen LogP contribution < -0.4 is 5.32 Å². The van der Waals surface area contributed by atoms with E-state index in [4.69, 9.17) is 11.6 Å². The number of aromatic nitrogens is 4. The first-order valence-corrected chi connectivity index (χ1v) is 9.74. The predicted octanol–water partition coefficient (Wildman–Crippen LogP) is 4.67. The van der Waals surface area contributed by atoms with Crippen LogP contribution in [0.4, 0.5) is 5.69 Å². The monoisotopic (exact) mass is 397 g/mol. The van der Waals surface area contributed by atoms with Crippen LogP contribution in [0.25, 0.3) is 22.1 Å². The normalized spacial score (nSPS) is 12.4. The Bertz CT molecular complexity index is 1130. The second kappa shape index (κ2) is 7.54. The van der Waals surface area contributed by atoms with Gasteiger partial charge >= 0.3 is 0 Å². The van der Waals surface area contributed by atoms with Gasteiger partial charge in [0.05, 0.1) is 16.0 Å². The fraction of sp³-hybridized carbons (Fsp3) is 0.158. The maximum atomic E-state index is 12.6. The molecule has 2 aromatic heterocycles. The Labute approximate surface area is 164 Å². The number of carbonyl (C=O) groups excluding carboxylic acids is 1. The van der Waals surface area contributed by atoms with Crippen molar-refractivity contribution < 1.29 is 4.79 Å². The number of rotatable bonds is 5. The lowest BCUT2D eigenvalue weighted by Crippen LogP contribution is -2.25. The van der Waals surface area contributed by atoms with E-state index in [0.717, 1.165) is 16.4 Å². The average Bonchev–Trinajstić information content (AvgIpc) is 3.05. The van der Waals surface area contributed by atoms with E-state index in [1.807, 2.05) is 43.3 Å². The fourth-order valence-corrected chi connectivity index (χ4v) is 3.78. The Balaban J connectivity index is 1.56. The first-order chi connectivity index (χ1) is 13.2. The van der Waals surface area contributed by atoms with E-state index in [1.54, 1.807) is 12.1 Å². The van der Waals surface area contributed by atoms with Gasteiger partial charge in [-0.2, -0.15) is 0 Å². The number of halogens is 1. The van der Waals surface area contributed by atoms with E-state index >= 15 is 0 Å². The summed E-state index contributed by atoms with van der Waals surface area (Å²) in [5.41, 5.74) is 2.94. The summed E-state index contributed by atoms with van der Waals surface area (Å²) in [6.07, 6.45) is 0.620. The molecular formula is C19H16ClN5OS. The zero-order valence-electron chi connectivity index (χ0n) is 14.4. The zero-order valence-corrected chi connectivity index (χ0v) is 16.0. The number of H-pyrrole nitrogens is 1. The second-order valence-electron chi connectivity index (χ2n) is 5.95. The molecule has 0 bridgehead atoms. The lowest BCUT2D eigenvalue weighted by Gasteiger charge is -2.14. The minimum Gasteiger partial charge on any atom is -0.338 e. The number of amides is 1. The number of thioether (sulfide) groups is 1. The van der Waals surface area contributed by atoms with Gasteiger partial charge in [0.1, 0.15) is 5.52 Å². The molecule has 4 rings (SSSR count). The molecule has 8 heteroatoms. The highest BCUT2D eigenvalue weighted by Crippen LogP contribution is 2.28. The van der Waals surface area contributed by atoms with Crippen LogP contribution in [0.5, 0.6) is 0 Å². The summed E-state index contributed by atoms with van der Waals surface area (Å²) in [4.78, 5) is 20.4. The van der Waals surface area contributed by atoms with Crippen molar-refractivity contribution in [1.29, 1.82) is 0 Å². The molecule has 0 spiro atoms. The van der Waals surface area contributed by atoms with Crippen LogP contribution in [0.2, 0.25) is 5.02 Å². The first-order valence-electron chi connectivity index (χ1n) is 8.49. The smallest absolute Gasteiger partial charge is 0.238 e. The standard InChI is InChI=1S/C19H16ClN5OS/c1-2-15(18(26)22-14-10-6-4-8-12(14)20)27-19-23-17-16(24-25-19)11-7-3-5-9-13(11)21-17/h3-10,15H,2H2,1H3,(H,22,26)(H,21,23,25). The molecule has 0 saturated heterocycles. The molecule has 1 atom stereocenters. The highest BCUT2D eigenvalue weighted by Gasteiger charge is 2.21. The van der Waals surface area contributed by atoms with Gasteiger partial charge in [-0.1, -0.05) is 60.6 Å². The number of fused-ring (bicyclic) bond motifs is 3. The summed E-state index contributed by atoms with van der Waals surface area (Å²) in [6, 6.07) is 15.0. The molecule has 4 aromatic rings. The maximum absolute atomic E-state index is 12.6. The molecule has 136 valence electrons. The topological polar surface area (TPSA) is 83.6 Å². The molecule has 6 nitrogen and oxygen atoms in total. The Morgan fingerprint density at radius 3 is 2.78 bits per heavy atom. The van der Waals surface area contributed by atoms with Gasteiger partial charge < -0.3 is 10.3 Å². The molecule has 0 fully saturated rings. The highest BCUT2D eigenvalue weighted by molar-refractivity contribution is 8.00. The molecular weight excluding hydrogens is 382 g/mol. The zero-order chi connectivity index (χ0) is 18.8. The van der Waals surface area contributed by atoms with Gasteiger partial charge in [0.25, 0.3) is 0 Å². The van der Waals surface area contributed by atoms with Gasteiger partial charge in [-0.05, 0) is 24.6 Å². The van der Waals surface area contributed by atoms with Crippen molar-refractivity contribution in [2.24, 2.45) is 0 Å². The third-order valence-corrected chi connectivity index (χ3v) is 5.69. The Hall–Kier alpha value is -2.64. The molecule has 0 radical (unpaired) electrons. The number of carbonyl (C=O) groups is 1. The number of hydrogen-bond acceptors (Lipinski definition) is 5. The molecule has 1 unspecified atom stereocenters. The Morgan fingerprint density at radius 1 is 1.19 bits per heavy atom. The Kier molecular flexibility index (Phi) is 4.96. The van der Waals surface area contributed by atoms with Gasteiger partial charge in [0, 0.05) is 10.9 Å². The number of benzene rings is 2. The Morgan fingerprint density at radius 2 is 1.96 bits per heavy atom. The summed E-state index contributed by atoms with van der Waals surface area (Å²) in [5, 5.41) is 12.9. The molecule has 2 heterocycles. The van der Waals surface area contributed by atoms with E-state index in [0.29, 0.717) is 27.9 Å². The van der Waals surface area contributed by atoms with E-state index < -0.39 is 0 Å². The van der Waals surface area contributed by atoms with E-state index in [1.165, 1.54) is 11.8 Å². The van der Waals surface area contributed by atoms with Crippen molar-refractivity contribution in [3.05, 3.63) is 53.6 Å². The maximum Gasteiger partial charge on any atom is 0.238 e. The van der Waals surface area contributed by atoms with E-state index in [2.05, 4.69) is 25.5 Å². The lowest BCUT2D eigenvalue weighted by atomic mass is 10.2. The molecule has 0 aliphatic heterocycles. The van der Waals surface area contributed by atoms with Crippen LogP contribution in [-0.4, -0.2) is 31.3 Å². The van der Waals surface area contributed by atoms with Crippen molar-refractivity contribution in [3.63, 3.8) is 0 Å². The summed E-state index contributed by atoms with van der Waals surface area (Å²) in [6.45, 7) is 1.94. The lowest BCUT2D eigenvalue weighted by molar-refractivity contribution is -0.115. The summed E-state index contributed by atoms with van der Waals surface area (Å²) >= 11 is 7.41. The minimum absolute atomic E-state index is 0.143. The number of hydrogen-bond donors (Lipinski definition) is 2. The molecule has 0 aliphatic rings. The van der Waals surface area contributed by atoms with Gasteiger partial charge in [0.2, 0.25) is 11.1 Å². The van der Waals surface area contributed by atoms with Crippen LogP contribution >= 0.6 is 23.4 Å². The van der Waals surface area contributed by atoms with Crippen molar-refractivity contribution >= 4 is 57.0 Å². The van der Waals surface area contributed by atoms with Crippen LogP contribution in [0.3, 0.4) is 0 Å². The van der Waals surface area contributed by atoms with Crippen LogP contribution in [0, 0.1) is 0 Å².